The van der Waals surface area contributed by atoms with E-state index in [0.717, 1.165) is 0 Å². The fourth-order valence-electron chi connectivity index (χ4n) is 3.15. The van der Waals surface area contributed by atoms with Gasteiger partial charge in [0, 0.05) is 31.7 Å². The van der Waals surface area contributed by atoms with Crippen molar-refractivity contribution >= 4 is 35.0 Å². The Balaban J connectivity index is 1.56. The highest BCUT2D eigenvalue weighted by molar-refractivity contribution is 6.42. The molecule has 0 bridgehead atoms. The van der Waals surface area contributed by atoms with Crippen molar-refractivity contribution in [2.24, 2.45) is 0 Å². The molecule has 8 heteroatoms. The molecule has 3 rings (SSSR count). The zero-order valence-electron chi connectivity index (χ0n) is 16.1. The smallest absolute Gasteiger partial charge is 0.260 e. The Hall–Kier alpha value is -2.44. The van der Waals surface area contributed by atoms with E-state index in [1.54, 1.807) is 47.2 Å². The monoisotopic (exact) mass is 436 g/mol. The van der Waals surface area contributed by atoms with Crippen molar-refractivity contribution in [3.8, 4) is 11.5 Å². The van der Waals surface area contributed by atoms with Crippen LogP contribution in [0.2, 0.25) is 10.0 Å². The largest absolute Gasteiger partial charge is 0.493 e. The van der Waals surface area contributed by atoms with Gasteiger partial charge in [-0.15, -0.1) is 0 Å². The highest BCUT2D eigenvalue weighted by Gasteiger charge is 2.23. The van der Waals surface area contributed by atoms with Crippen LogP contribution in [-0.2, 0) is 4.79 Å². The van der Waals surface area contributed by atoms with E-state index in [2.05, 4.69) is 0 Å². The number of carbonyl (C=O) groups is 2. The van der Waals surface area contributed by atoms with Gasteiger partial charge in [0.05, 0.1) is 17.2 Å². The summed E-state index contributed by atoms with van der Waals surface area (Å²) in [6, 6.07) is 12.0. The molecule has 0 radical (unpaired) electrons. The zero-order valence-corrected chi connectivity index (χ0v) is 17.6. The van der Waals surface area contributed by atoms with E-state index in [1.807, 2.05) is 12.1 Å². The Morgan fingerprint density at radius 3 is 2.34 bits per heavy atom. The van der Waals surface area contributed by atoms with Gasteiger partial charge in [-0.3, -0.25) is 9.59 Å². The van der Waals surface area contributed by atoms with Gasteiger partial charge in [-0.05, 0) is 36.8 Å². The van der Waals surface area contributed by atoms with E-state index < -0.39 is 0 Å². The summed E-state index contributed by atoms with van der Waals surface area (Å²) >= 11 is 11.9. The molecule has 1 aliphatic rings. The topological polar surface area (TPSA) is 59.1 Å². The van der Waals surface area contributed by atoms with Gasteiger partial charge in [-0.25, -0.2) is 0 Å². The minimum absolute atomic E-state index is 0.0822. The molecule has 6 nitrogen and oxygen atoms in total. The highest BCUT2D eigenvalue weighted by atomic mass is 35.5. The normalized spacial score (nSPS) is 14.3. The molecule has 0 N–H and O–H groups in total. The summed E-state index contributed by atoms with van der Waals surface area (Å²) in [7, 11) is 1.55. The number of methoxy groups -OCH3 is 1. The maximum absolute atomic E-state index is 12.8. The van der Waals surface area contributed by atoms with Crippen molar-refractivity contribution in [1.82, 2.24) is 9.80 Å². The standard InChI is InChI=1S/C21H22Cl2N2O4/c1-28-18-5-2-3-6-19(18)29-14-20(26)24-9-4-10-25(12-11-24)21(27)15-7-8-16(22)17(23)13-15/h2-3,5-8,13H,4,9-12,14H2,1H3. The molecular formula is C21H22Cl2N2O4. The second-order valence-corrected chi connectivity index (χ2v) is 7.41. The maximum Gasteiger partial charge on any atom is 0.260 e. The fraction of sp³-hybridized carbons (Fsp3) is 0.333. The molecule has 1 fully saturated rings. The third-order valence-electron chi connectivity index (χ3n) is 4.72. The lowest BCUT2D eigenvalue weighted by molar-refractivity contribution is -0.133. The Morgan fingerprint density at radius 2 is 1.62 bits per heavy atom. The van der Waals surface area contributed by atoms with E-state index in [9.17, 15) is 9.59 Å². The molecule has 0 aliphatic carbocycles. The van der Waals surface area contributed by atoms with E-state index in [1.165, 1.54) is 0 Å². The number of carbonyl (C=O) groups excluding carboxylic acids is 2. The molecule has 2 aromatic rings. The van der Waals surface area contributed by atoms with Gasteiger partial charge in [-0.2, -0.15) is 0 Å². The number of hydrogen-bond donors (Lipinski definition) is 0. The van der Waals surface area contributed by atoms with Gasteiger partial charge >= 0.3 is 0 Å². The number of nitrogens with zero attached hydrogens (tertiary/aromatic N) is 2. The summed E-state index contributed by atoms with van der Waals surface area (Å²) in [5.41, 5.74) is 0.485. The van der Waals surface area contributed by atoms with E-state index >= 15 is 0 Å². The van der Waals surface area contributed by atoms with Gasteiger partial charge in [0.2, 0.25) is 0 Å². The molecule has 0 unspecified atom stereocenters. The molecule has 1 saturated heterocycles. The SMILES string of the molecule is COc1ccccc1OCC(=O)N1CCCN(C(=O)c2ccc(Cl)c(Cl)c2)CC1. The van der Waals surface area contributed by atoms with E-state index in [-0.39, 0.29) is 18.4 Å². The van der Waals surface area contributed by atoms with Crippen LogP contribution >= 0.6 is 23.2 Å². The van der Waals surface area contributed by atoms with Crippen LogP contribution in [0.1, 0.15) is 16.8 Å². The average molecular weight is 437 g/mol. The number of rotatable bonds is 5. The molecule has 1 heterocycles. The summed E-state index contributed by atoms with van der Waals surface area (Å²) < 4.78 is 10.9. The number of ether oxygens (including phenoxy) is 2. The third-order valence-corrected chi connectivity index (χ3v) is 5.46. The van der Waals surface area contributed by atoms with Crippen LogP contribution in [0.4, 0.5) is 0 Å². The lowest BCUT2D eigenvalue weighted by Crippen LogP contribution is -2.39. The first-order valence-corrected chi connectivity index (χ1v) is 10.0. The van der Waals surface area contributed by atoms with Crippen molar-refractivity contribution in [1.29, 1.82) is 0 Å². The van der Waals surface area contributed by atoms with Crippen LogP contribution in [0, 0.1) is 0 Å². The van der Waals surface area contributed by atoms with Crippen molar-refractivity contribution < 1.29 is 19.1 Å². The molecule has 0 aromatic heterocycles. The van der Waals surface area contributed by atoms with Crippen molar-refractivity contribution in [2.75, 3.05) is 39.9 Å². The van der Waals surface area contributed by atoms with E-state index in [0.29, 0.717) is 59.7 Å². The quantitative estimate of drug-likeness (QED) is 0.715. The predicted molar refractivity (Wildman–Crippen MR) is 112 cm³/mol. The minimum Gasteiger partial charge on any atom is -0.493 e. The predicted octanol–water partition coefficient (Wildman–Crippen LogP) is 3.76. The molecule has 2 aromatic carbocycles. The third kappa shape index (κ3) is 5.34. The first-order valence-electron chi connectivity index (χ1n) is 9.27. The number of hydrogen-bond acceptors (Lipinski definition) is 4. The first-order chi connectivity index (χ1) is 14.0. The number of amides is 2. The first kappa shape index (κ1) is 21.3. The summed E-state index contributed by atoms with van der Waals surface area (Å²) in [5, 5.41) is 0.753. The highest BCUT2D eigenvalue weighted by Crippen LogP contribution is 2.26. The molecule has 0 saturated carbocycles. The Morgan fingerprint density at radius 1 is 0.931 bits per heavy atom. The summed E-state index contributed by atoms with van der Waals surface area (Å²) in [4.78, 5) is 28.8. The van der Waals surface area contributed by atoms with Crippen molar-refractivity contribution in [3.05, 3.63) is 58.1 Å². The second-order valence-electron chi connectivity index (χ2n) is 6.59. The lowest BCUT2D eigenvalue weighted by atomic mass is 10.2. The zero-order chi connectivity index (χ0) is 20.8. The number of para-hydroxylation sites is 2. The van der Waals surface area contributed by atoms with Crippen LogP contribution in [0.5, 0.6) is 11.5 Å². The molecule has 0 spiro atoms. The van der Waals surface area contributed by atoms with Crippen LogP contribution in [0.15, 0.2) is 42.5 Å². The molecule has 29 heavy (non-hydrogen) atoms. The van der Waals surface area contributed by atoms with Crippen LogP contribution in [0.25, 0.3) is 0 Å². The molecule has 154 valence electrons. The summed E-state index contributed by atoms with van der Waals surface area (Å²) in [5.74, 6) is 0.854. The fourth-order valence-corrected chi connectivity index (χ4v) is 3.45. The number of halogens is 2. The Kier molecular flexibility index (Phi) is 7.23. The maximum atomic E-state index is 12.8. The van der Waals surface area contributed by atoms with Crippen LogP contribution in [0.3, 0.4) is 0 Å². The van der Waals surface area contributed by atoms with Crippen LogP contribution < -0.4 is 9.47 Å². The molecule has 0 atom stereocenters. The van der Waals surface area contributed by atoms with Gasteiger partial charge in [0.15, 0.2) is 18.1 Å². The Labute approximate surface area is 179 Å². The second kappa shape index (κ2) is 9.85. The van der Waals surface area contributed by atoms with Gasteiger partial charge in [0.25, 0.3) is 11.8 Å². The lowest BCUT2D eigenvalue weighted by Gasteiger charge is -2.22. The van der Waals surface area contributed by atoms with Crippen molar-refractivity contribution in [3.63, 3.8) is 0 Å². The van der Waals surface area contributed by atoms with E-state index in [4.69, 9.17) is 32.7 Å². The van der Waals surface area contributed by atoms with Crippen molar-refractivity contribution in [2.45, 2.75) is 6.42 Å². The summed E-state index contributed by atoms with van der Waals surface area (Å²) in [6.07, 6.45) is 0.688. The molecule has 1 aliphatic heterocycles. The number of benzene rings is 2. The van der Waals surface area contributed by atoms with Gasteiger partial charge < -0.3 is 19.3 Å². The van der Waals surface area contributed by atoms with Gasteiger partial charge in [0.1, 0.15) is 0 Å². The average Bonchev–Trinajstić information content (AvgIpc) is 3.00. The molecular weight excluding hydrogens is 415 g/mol. The van der Waals surface area contributed by atoms with Gasteiger partial charge in [-0.1, -0.05) is 35.3 Å². The van der Waals surface area contributed by atoms with Crippen LogP contribution in [-0.4, -0.2) is 61.5 Å². The molecule has 2 amide bonds. The minimum atomic E-state index is -0.125. The summed E-state index contributed by atoms with van der Waals surface area (Å²) in [6.45, 7) is 1.94. The Bertz CT molecular complexity index is 891.